The minimum Gasteiger partial charge on any atom is -0.545 e. The number of hydrogen-bond donors (Lipinski definition) is 0. The van der Waals surface area contributed by atoms with E-state index in [4.69, 9.17) is 18.9 Å². The summed E-state index contributed by atoms with van der Waals surface area (Å²) in [7, 11) is 5.90. The van der Waals surface area contributed by atoms with E-state index in [2.05, 4.69) is 135 Å². The highest BCUT2D eigenvalue weighted by Gasteiger charge is 2.22. The van der Waals surface area contributed by atoms with Gasteiger partial charge < -0.3 is 33.3 Å². The van der Waals surface area contributed by atoms with E-state index < -0.39 is 24.3 Å². The number of nitrogens with zero attached hydrogens (tertiary/aromatic N) is 1. The summed E-state index contributed by atoms with van der Waals surface area (Å²) in [5.74, 6) is -2.33. The molecule has 0 saturated heterocycles. The van der Waals surface area contributed by atoms with Gasteiger partial charge in [0.2, 0.25) is 0 Å². The molecule has 9 nitrogen and oxygen atoms in total. The van der Waals surface area contributed by atoms with Gasteiger partial charge in [0, 0.05) is 12.8 Å². The zero-order valence-corrected chi connectivity index (χ0v) is 47.0. The highest BCUT2D eigenvalue weighted by atomic mass is 16.7. The summed E-state index contributed by atoms with van der Waals surface area (Å²) in [5.41, 5.74) is 0. The number of aliphatic carboxylic acids is 1. The second kappa shape index (κ2) is 54.0. The Labute approximate surface area is 447 Å². The Bertz CT molecular complexity index is 1610. The molecule has 0 fully saturated rings. The van der Waals surface area contributed by atoms with Crippen molar-refractivity contribution in [1.82, 2.24) is 0 Å². The molecule has 0 aromatic heterocycles. The molecule has 0 amide bonds. The summed E-state index contributed by atoms with van der Waals surface area (Å²) in [5, 5.41) is 11.8. The molecule has 73 heavy (non-hydrogen) atoms. The molecule has 0 aliphatic carbocycles. The van der Waals surface area contributed by atoms with E-state index in [0.29, 0.717) is 17.4 Å². The fourth-order valence-corrected chi connectivity index (χ4v) is 7.35. The summed E-state index contributed by atoms with van der Waals surface area (Å²) in [6.45, 7) is 4.47. The maximum absolute atomic E-state index is 12.9. The first-order valence-electron chi connectivity index (χ1n) is 28.7. The van der Waals surface area contributed by atoms with Crippen molar-refractivity contribution in [1.29, 1.82) is 0 Å². The summed E-state index contributed by atoms with van der Waals surface area (Å²) in [6, 6.07) is 0. The van der Waals surface area contributed by atoms with Crippen LogP contribution in [0.4, 0.5) is 0 Å². The number of ether oxygens (including phenoxy) is 4. The summed E-state index contributed by atoms with van der Waals surface area (Å²) >= 11 is 0. The Kier molecular flexibility index (Phi) is 50.8. The number of esters is 2. The van der Waals surface area contributed by atoms with Crippen LogP contribution in [0.5, 0.6) is 0 Å². The van der Waals surface area contributed by atoms with Crippen LogP contribution in [0.25, 0.3) is 0 Å². The SMILES string of the molecule is CC/C=C\C/C=C\C/C=C\C/C=C\C/C=C\C/C=C\CCCCCCC(=O)OC(COC(=O)CCCCCCCCCCCCCC/C=C\C/C=C\C/C=C\C/C=C\CC)COC(OCC[N+](C)(C)C)C(=O)[O-]. The molecule has 0 aliphatic rings. The standard InChI is InChI=1S/C64H105NO8/c1-6-8-10-12-14-16-18-20-22-24-26-28-30-31-33-34-36-38-40-42-44-46-48-50-52-54-61(66)71-58-60(59-72-64(63(68)69)70-57-56-65(3,4)5)73-62(67)55-53-51-49-47-45-43-41-39-37-35-32-29-27-25-23-21-19-17-15-13-11-9-7-2/h8-11,14-17,20-23,26-29,35,37,41,43,60,64H,6-7,12-13,18-19,24-25,30-34,36,38-40,42,44-59H2,1-5H3/b10-8-,11-9-,16-14-,17-15-,22-20-,23-21-,28-26-,29-27-,37-35-,43-41-. The molecule has 0 aliphatic heterocycles. The zero-order valence-electron chi connectivity index (χ0n) is 47.0. The van der Waals surface area contributed by atoms with Crippen LogP contribution in [0, 0.1) is 0 Å². The Morgan fingerprint density at radius 1 is 0.411 bits per heavy atom. The van der Waals surface area contributed by atoms with E-state index in [9.17, 15) is 19.5 Å². The molecule has 9 heteroatoms. The lowest BCUT2D eigenvalue weighted by molar-refractivity contribution is -0.870. The molecule has 2 atom stereocenters. The average Bonchev–Trinajstić information content (AvgIpc) is 3.36. The van der Waals surface area contributed by atoms with Crippen LogP contribution >= 0.6 is 0 Å². The minimum absolute atomic E-state index is 0.135. The number of hydrogen-bond acceptors (Lipinski definition) is 8. The van der Waals surface area contributed by atoms with Gasteiger partial charge in [0.15, 0.2) is 12.4 Å². The first-order chi connectivity index (χ1) is 35.6. The van der Waals surface area contributed by atoms with Crippen LogP contribution in [0.1, 0.15) is 206 Å². The van der Waals surface area contributed by atoms with Gasteiger partial charge in [0.05, 0.1) is 40.3 Å². The van der Waals surface area contributed by atoms with E-state index in [0.717, 1.165) is 109 Å². The van der Waals surface area contributed by atoms with Crippen molar-refractivity contribution >= 4 is 17.9 Å². The molecule has 0 rings (SSSR count). The van der Waals surface area contributed by atoms with Gasteiger partial charge in [-0.3, -0.25) is 9.59 Å². The third kappa shape index (κ3) is 55.3. The van der Waals surface area contributed by atoms with E-state index in [-0.39, 0.29) is 38.6 Å². The molecule has 0 spiro atoms. The quantitative estimate of drug-likeness (QED) is 0.0195. The summed E-state index contributed by atoms with van der Waals surface area (Å²) in [6.07, 6.45) is 72.4. The fourth-order valence-electron chi connectivity index (χ4n) is 7.35. The molecular weight excluding hydrogens is 911 g/mol. The number of carboxylic acid groups (broad SMARTS) is 1. The van der Waals surface area contributed by atoms with Crippen LogP contribution in [-0.4, -0.2) is 82.3 Å². The van der Waals surface area contributed by atoms with Crippen molar-refractivity contribution in [3.05, 3.63) is 122 Å². The summed E-state index contributed by atoms with van der Waals surface area (Å²) in [4.78, 5) is 37.3. The monoisotopic (exact) mass is 1020 g/mol. The van der Waals surface area contributed by atoms with Gasteiger partial charge in [-0.2, -0.15) is 0 Å². The van der Waals surface area contributed by atoms with Crippen molar-refractivity contribution in [2.75, 3.05) is 47.5 Å². The maximum Gasteiger partial charge on any atom is 0.306 e. The van der Waals surface area contributed by atoms with Crippen molar-refractivity contribution < 1.29 is 42.9 Å². The van der Waals surface area contributed by atoms with E-state index in [1.807, 2.05) is 21.1 Å². The number of allylic oxidation sites excluding steroid dienone is 20. The molecule has 2 unspecified atom stereocenters. The van der Waals surface area contributed by atoms with Gasteiger partial charge in [0.1, 0.15) is 13.2 Å². The fraction of sp³-hybridized carbons (Fsp3) is 0.641. The minimum atomic E-state index is -1.64. The molecule has 0 aromatic carbocycles. The molecule has 414 valence electrons. The van der Waals surface area contributed by atoms with Gasteiger partial charge in [-0.15, -0.1) is 0 Å². The number of likely N-dealkylation sites (N-methyl/N-ethyl adjacent to an activating group) is 1. The predicted molar refractivity (Wildman–Crippen MR) is 306 cm³/mol. The maximum atomic E-state index is 12.9. The van der Waals surface area contributed by atoms with Crippen LogP contribution in [0.2, 0.25) is 0 Å². The molecule has 0 bridgehead atoms. The Balaban J connectivity index is 4.33. The highest BCUT2D eigenvalue weighted by Crippen LogP contribution is 2.15. The topological polar surface area (TPSA) is 111 Å². The normalized spacial score (nSPS) is 13.7. The van der Waals surface area contributed by atoms with Gasteiger partial charge >= 0.3 is 11.9 Å². The molecule has 0 aromatic rings. The molecule has 0 saturated carbocycles. The number of carbonyl (C=O) groups is 3. The largest absolute Gasteiger partial charge is 0.545 e. The van der Waals surface area contributed by atoms with Crippen molar-refractivity contribution in [2.24, 2.45) is 0 Å². The lowest BCUT2D eigenvalue weighted by atomic mass is 10.0. The zero-order chi connectivity index (χ0) is 53.4. The lowest BCUT2D eigenvalue weighted by Crippen LogP contribution is -2.44. The number of carboxylic acids is 1. The number of rotatable bonds is 51. The Morgan fingerprint density at radius 2 is 0.740 bits per heavy atom. The first kappa shape index (κ1) is 68.7. The van der Waals surface area contributed by atoms with E-state index in [1.54, 1.807) is 0 Å². The average molecular weight is 1020 g/mol. The van der Waals surface area contributed by atoms with Crippen molar-refractivity contribution in [2.45, 2.75) is 219 Å². The Hall–Kier alpha value is -4.31. The highest BCUT2D eigenvalue weighted by molar-refractivity contribution is 5.70. The van der Waals surface area contributed by atoms with E-state index >= 15 is 0 Å². The second-order valence-corrected chi connectivity index (χ2v) is 19.8. The molecule has 0 radical (unpaired) electrons. The van der Waals surface area contributed by atoms with Gasteiger partial charge in [-0.1, -0.05) is 212 Å². The first-order valence-corrected chi connectivity index (χ1v) is 28.7. The molecule has 0 N–H and O–H groups in total. The third-order valence-electron chi connectivity index (χ3n) is 11.7. The second-order valence-electron chi connectivity index (χ2n) is 19.8. The number of unbranched alkanes of at least 4 members (excludes halogenated alkanes) is 16. The van der Waals surface area contributed by atoms with Crippen molar-refractivity contribution in [3.63, 3.8) is 0 Å². The van der Waals surface area contributed by atoms with Gasteiger partial charge in [-0.05, 0) is 103 Å². The lowest BCUT2D eigenvalue weighted by Gasteiger charge is -2.26. The van der Waals surface area contributed by atoms with Gasteiger partial charge in [-0.25, -0.2) is 0 Å². The van der Waals surface area contributed by atoms with Crippen LogP contribution in [-0.2, 0) is 33.3 Å². The van der Waals surface area contributed by atoms with E-state index in [1.165, 1.54) is 64.2 Å². The van der Waals surface area contributed by atoms with Crippen LogP contribution in [0.3, 0.4) is 0 Å². The molecular formula is C64H105NO8. The van der Waals surface area contributed by atoms with Crippen LogP contribution < -0.4 is 5.11 Å². The van der Waals surface area contributed by atoms with Crippen molar-refractivity contribution in [3.8, 4) is 0 Å². The molecule has 0 heterocycles. The Morgan fingerprint density at radius 3 is 1.10 bits per heavy atom. The number of quaternary nitrogens is 1. The van der Waals surface area contributed by atoms with Crippen LogP contribution in [0.15, 0.2) is 122 Å². The van der Waals surface area contributed by atoms with Gasteiger partial charge in [0.25, 0.3) is 0 Å². The summed E-state index contributed by atoms with van der Waals surface area (Å²) < 4.78 is 22.7. The third-order valence-corrected chi connectivity index (χ3v) is 11.7. The predicted octanol–water partition coefficient (Wildman–Crippen LogP) is 15.6. The number of carbonyl (C=O) groups excluding carboxylic acids is 3. The smallest absolute Gasteiger partial charge is 0.306 e.